The minimum Gasteiger partial charge on any atom is -0.394 e. The Morgan fingerprint density at radius 1 is 1.15 bits per heavy atom. The lowest BCUT2D eigenvalue weighted by Gasteiger charge is -2.44. The van der Waals surface area contributed by atoms with Gasteiger partial charge in [-0.2, -0.15) is 0 Å². The zero-order valence-electron chi connectivity index (χ0n) is 25.0. The van der Waals surface area contributed by atoms with Crippen molar-refractivity contribution < 1.29 is 19.5 Å². The van der Waals surface area contributed by atoms with Crippen molar-refractivity contribution in [2.75, 3.05) is 26.2 Å². The monoisotopic (exact) mass is 561 g/mol. The Morgan fingerprint density at radius 2 is 1.82 bits per heavy atom. The summed E-state index contributed by atoms with van der Waals surface area (Å²) in [4.78, 5) is 48.8. The topological polar surface area (TPSA) is 81.2 Å². The molecular weight excluding hydrogens is 510 g/mol. The zero-order chi connectivity index (χ0) is 29.1. The molecule has 3 saturated heterocycles. The average molecular weight is 562 g/mol. The molecule has 0 aliphatic carbocycles. The van der Waals surface area contributed by atoms with Crippen LogP contribution in [0.2, 0.25) is 0 Å². The fraction of sp³-hybridized carbons (Fsp3) is 0.774. The van der Waals surface area contributed by atoms with Gasteiger partial charge in [-0.05, 0) is 38.0 Å². The van der Waals surface area contributed by atoms with E-state index in [1.807, 2.05) is 30.6 Å². The van der Waals surface area contributed by atoms with Crippen molar-refractivity contribution in [1.29, 1.82) is 0 Å². The Balaban J connectivity index is 2.18. The highest BCUT2D eigenvalue weighted by atomic mass is 32.2. The minimum atomic E-state index is -0.720. The van der Waals surface area contributed by atoms with Gasteiger partial charge in [-0.3, -0.25) is 14.4 Å². The Morgan fingerprint density at radius 3 is 2.36 bits per heavy atom. The highest BCUT2D eigenvalue weighted by Gasteiger charge is 2.77. The lowest BCUT2D eigenvalue weighted by Crippen LogP contribution is -2.61. The number of rotatable bonds is 15. The number of aliphatic hydroxyl groups is 1. The molecule has 1 spiro atoms. The third-order valence-corrected chi connectivity index (χ3v) is 11.6. The van der Waals surface area contributed by atoms with E-state index in [9.17, 15) is 19.5 Å². The number of likely N-dealkylation sites (tertiary alicyclic amines) is 1. The van der Waals surface area contributed by atoms with Crippen LogP contribution < -0.4 is 0 Å². The van der Waals surface area contributed by atoms with E-state index in [-0.39, 0.29) is 47.5 Å². The number of hydrogen-bond donors (Lipinski definition) is 1. The van der Waals surface area contributed by atoms with Crippen molar-refractivity contribution >= 4 is 29.5 Å². The van der Waals surface area contributed by atoms with E-state index in [0.717, 1.165) is 32.1 Å². The molecule has 0 aromatic heterocycles. The quantitative estimate of drug-likeness (QED) is 0.301. The van der Waals surface area contributed by atoms with E-state index in [2.05, 4.69) is 33.9 Å². The van der Waals surface area contributed by atoms with Crippen LogP contribution in [0.25, 0.3) is 0 Å². The summed E-state index contributed by atoms with van der Waals surface area (Å²) in [5.41, 5.74) is 0. The molecule has 1 N–H and O–H groups in total. The number of carbonyl (C=O) groups is 3. The van der Waals surface area contributed by atoms with Crippen LogP contribution >= 0.6 is 11.8 Å². The van der Waals surface area contributed by atoms with Crippen LogP contribution in [-0.4, -0.2) is 91.9 Å². The van der Waals surface area contributed by atoms with Crippen LogP contribution in [0.5, 0.6) is 0 Å². The third-order valence-electron chi connectivity index (χ3n) is 9.55. The molecule has 39 heavy (non-hydrogen) atoms. The summed E-state index contributed by atoms with van der Waals surface area (Å²) in [6, 6.07) is -1.21. The number of fused-ring (bicyclic) bond motifs is 1. The maximum atomic E-state index is 14.7. The van der Waals surface area contributed by atoms with Crippen molar-refractivity contribution in [3.63, 3.8) is 0 Å². The molecule has 3 aliphatic heterocycles. The summed E-state index contributed by atoms with van der Waals surface area (Å²) in [5.74, 6) is -1.15. The molecule has 3 heterocycles. The molecule has 3 amide bonds. The maximum Gasteiger partial charge on any atom is 0.247 e. The van der Waals surface area contributed by atoms with E-state index >= 15 is 0 Å². The summed E-state index contributed by atoms with van der Waals surface area (Å²) >= 11 is 1.71. The molecular formula is C31H51N3O4S. The predicted molar refractivity (Wildman–Crippen MR) is 159 cm³/mol. The second-order valence-corrected chi connectivity index (χ2v) is 13.5. The standard InChI is InChI=1S/C31H51N3O4S/c1-9-14-22(8)33(17-12-4)30(38)27-31-21(7)18-24(39-31)25(28(36)32(15-10-2)16-11-3)26(31)29(37)34(27)23(19-35)20(6)13-5/h10,12,20-27,35H,2,4,9,11,13-19H2,1,3,5-8H3/t20-,21?,22?,23-,24+,25-,26-,27?,31?/m0/s1. The number of carbonyl (C=O) groups excluding carboxylic acids is 3. The molecule has 7 nitrogen and oxygen atoms in total. The van der Waals surface area contributed by atoms with Crippen molar-refractivity contribution in [1.82, 2.24) is 14.7 Å². The van der Waals surface area contributed by atoms with Gasteiger partial charge in [-0.25, -0.2) is 0 Å². The van der Waals surface area contributed by atoms with Crippen LogP contribution in [0.4, 0.5) is 0 Å². The highest BCUT2D eigenvalue weighted by molar-refractivity contribution is 8.02. The Bertz CT molecular complexity index is 928. The Hall–Kier alpha value is -1.80. The number of nitrogens with zero attached hydrogens (tertiary/aromatic N) is 3. The van der Waals surface area contributed by atoms with Gasteiger partial charge in [0.15, 0.2) is 0 Å². The molecule has 2 bridgehead atoms. The lowest BCUT2D eigenvalue weighted by molar-refractivity contribution is -0.148. The van der Waals surface area contributed by atoms with E-state index in [1.54, 1.807) is 28.8 Å². The van der Waals surface area contributed by atoms with Crippen LogP contribution in [0.15, 0.2) is 25.3 Å². The number of amides is 3. The average Bonchev–Trinajstić information content (AvgIpc) is 3.50. The first-order chi connectivity index (χ1) is 18.6. The molecule has 3 fully saturated rings. The van der Waals surface area contributed by atoms with Crippen LogP contribution in [0.1, 0.15) is 73.6 Å². The fourth-order valence-electron chi connectivity index (χ4n) is 7.48. The van der Waals surface area contributed by atoms with Gasteiger partial charge in [-0.1, -0.05) is 59.6 Å². The van der Waals surface area contributed by atoms with Gasteiger partial charge in [0.25, 0.3) is 0 Å². The van der Waals surface area contributed by atoms with E-state index in [0.29, 0.717) is 19.6 Å². The van der Waals surface area contributed by atoms with E-state index in [1.165, 1.54) is 0 Å². The van der Waals surface area contributed by atoms with Gasteiger partial charge < -0.3 is 19.8 Å². The first-order valence-corrected chi connectivity index (χ1v) is 15.9. The van der Waals surface area contributed by atoms with Crippen LogP contribution in [0, 0.1) is 23.7 Å². The fourth-order valence-corrected chi connectivity index (χ4v) is 9.87. The summed E-state index contributed by atoms with van der Waals surface area (Å²) in [5, 5.41) is 10.6. The van der Waals surface area contributed by atoms with Gasteiger partial charge in [0.05, 0.1) is 29.2 Å². The van der Waals surface area contributed by atoms with Crippen molar-refractivity contribution in [3.05, 3.63) is 25.3 Å². The smallest absolute Gasteiger partial charge is 0.247 e. The van der Waals surface area contributed by atoms with Crippen LogP contribution in [0.3, 0.4) is 0 Å². The normalized spacial score (nSPS) is 31.5. The first-order valence-electron chi connectivity index (χ1n) is 15.0. The molecule has 3 aliphatic rings. The molecule has 0 aromatic rings. The van der Waals surface area contributed by atoms with E-state index in [4.69, 9.17) is 0 Å². The van der Waals surface area contributed by atoms with E-state index < -0.39 is 28.7 Å². The molecule has 3 rings (SSSR count). The van der Waals surface area contributed by atoms with Crippen molar-refractivity contribution in [2.45, 2.75) is 102 Å². The molecule has 220 valence electrons. The largest absolute Gasteiger partial charge is 0.394 e. The SMILES string of the molecule is C=CCN(CCC)C(=O)[C@@H]1[C@H]2C(=O)N([C@@H](CO)[C@@H](C)CC)C(C(=O)N(CC=C)C(C)CCC)C23S[C@@H]1CC3C. The molecule has 0 radical (unpaired) electrons. The summed E-state index contributed by atoms with van der Waals surface area (Å²) in [6.45, 7) is 21.5. The second kappa shape index (κ2) is 13.2. The van der Waals surface area contributed by atoms with Gasteiger partial charge in [-0.15, -0.1) is 24.9 Å². The highest BCUT2D eigenvalue weighted by Crippen LogP contribution is 2.69. The Kier molecular flexibility index (Phi) is 10.8. The van der Waals surface area contributed by atoms with Gasteiger partial charge in [0.2, 0.25) is 17.7 Å². The predicted octanol–water partition coefficient (Wildman–Crippen LogP) is 4.36. The lowest BCUT2D eigenvalue weighted by atomic mass is 9.65. The summed E-state index contributed by atoms with van der Waals surface area (Å²) < 4.78 is -0.697. The summed E-state index contributed by atoms with van der Waals surface area (Å²) in [6.07, 6.45) is 7.69. The molecule has 8 heteroatoms. The van der Waals surface area contributed by atoms with Crippen LogP contribution in [-0.2, 0) is 14.4 Å². The zero-order valence-corrected chi connectivity index (χ0v) is 25.8. The van der Waals surface area contributed by atoms with Gasteiger partial charge >= 0.3 is 0 Å². The number of aliphatic hydroxyl groups excluding tert-OH is 1. The molecule has 9 atom stereocenters. The van der Waals surface area contributed by atoms with Crippen molar-refractivity contribution in [3.8, 4) is 0 Å². The number of thioether (sulfide) groups is 1. The third kappa shape index (κ3) is 5.32. The summed E-state index contributed by atoms with van der Waals surface area (Å²) in [7, 11) is 0. The molecule has 4 unspecified atom stereocenters. The molecule has 0 saturated carbocycles. The second-order valence-electron chi connectivity index (χ2n) is 11.9. The molecule has 0 aromatic carbocycles. The number of hydrogen-bond acceptors (Lipinski definition) is 5. The maximum absolute atomic E-state index is 14.7. The minimum absolute atomic E-state index is 0.000154. The van der Waals surface area contributed by atoms with Gasteiger partial charge in [0.1, 0.15) is 6.04 Å². The Labute approximate surface area is 240 Å². The van der Waals surface area contributed by atoms with Crippen molar-refractivity contribution in [2.24, 2.45) is 23.7 Å². The first kappa shape index (κ1) is 31.7. The van der Waals surface area contributed by atoms with Gasteiger partial charge in [0, 0.05) is 30.9 Å².